The lowest BCUT2D eigenvalue weighted by molar-refractivity contribution is 0.312. The van der Waals surface area contributed by atoms with E-state index in [0.717, 1.165) is 31.9 Å². The van der Waals surface area contributed by atoms with Gasteiger partial charge in [0.1, 0.15) is 5.82 Å². The largest absolute Gasteiger partial charge is 0.337 e. The summed E-state index contributed by atoms with van der Waals surface area (Å²) in [6, 6.07) is 0. The lowest BCUT2D eigenvalue weighted by Gasteiger charge is -2.15. The Morgan fingerprint density at radius 1 is 1.62 bits per heavy atom. The van der Waals surface area contributed by atoms with Gasteiger partial charge in [0.25, 0.3) is 0 Å². The Labute approximate surface area is 79.4 Å². The first-order valence-corrected chi connectivity index (χ1v) is 4.59. The van der Waals surface area contributed by atoms with Gasteiger partial charge in [0.15, 0.2) is 0 Å². The number of nitrogens with zero attached hydrogens (tertiary/aromatic N) is 3. The van der Waals surface area contributed by atoms with Crippen molar-refractivity contribution in [3.63, 3.8) is 0 Å². The molecule has 1 aromatic rings. The molecular weight excluding hydrogens is 164 g/mol. The quantitative estimate of drug-likeness (QED) is 0.707. The normalized spacial score (nSPS) is 11.1. The van der Waals surface area contributed by atoms with Crippen molar-refractivity contribution in [1.29, 1.82) is 0 Å². The number of rotatable bonds is 5. The second-order valence-corrected chi connectivity index (χ2v) is 3.33. The summed E-state index contributed by atoms with van der Waals surface area (Å²) in [6.07, 6.45) is 4.83. The van der Waals surface area contributed by atoms with Crippen molar-refractivity contribution >= 4 is 0 Å². The molecule has 13 heavy (non-hydrogen) atoms. The van der Waals surface area contributed by atoms with Gasteiger partial charge >= 0.3 is 0 Å². The van der Waals surface area contributed by atoms with Crippen molar-refractivity contribution in [2.45, 2.75) is 13.0 Å². The highest BCUT2D eigenvalue weighted by atomic mass is 15.1. The van der Waals surface area contributed by atoms with Gasteiger partial charge in [0, 0.05) is 19.4 Å². The van der Waals surface area contributed by atoms with Crippen LogP contribution in [0.15, 0.2) is 12.4 Å². The topological polar surface area (TPSA) is 47.1 Å². The van der Waals surface area contributed by atoms with Crippen LogP contribution < -0.4 is 5.73 Å². The van der Waals surface area contributed by atoms with Gasteiger partial charge in [-0.15, -0.1) is 0 Å². The van der Waals surface area contributed by atoms with E-state index >= 15 is 0 Å². The summed E-state index contributed by atoms with van der Waals surface area (Å²) >= 11 is 0. The third-order valence-corrected chi connectivity index (χ3v) is 2.08. The summed E-state index contributed by atoms with van der Waals surface area (Å²) < 4.78 is 2.04. The fourth-order valence-electron chi connectivity index (χ4n) is 1.23. The fourth-order valence-corrected chi connectivity index (χ4v) is 1.23. The third-order valence-electron chi connectivity index (χ3n) is 2.08. The average molecular weight is 182 g/mol. The van der Waals surface area contributed by atoms with Crippen molar-refractivity contribution in [3.8, 4) is 0 Å². The molecule has 0 bridgehead atoms. The summed E-state index contributed by atoms with van der Waals surface area (Å²) in [4.78, 5) is 6.49. The predicted molar refractivity (Wildman–Crippen MR) is 53.2 cm³/mol. The zero-order valence-electron chi connectivity index (χ0n) is 8.40. The maximum atomic E-state index is 5.43. The first kappa shape index (κ1) is 10.2. The van der Waals surface area contributed by atoms with E-state index in [0.29, 0.717) is 0 Å². The lowest BCUT2D eigenvalue weighted by Crippen LogP contribution is -2.22. The Morgan fingerprint density at radius 3 is 2.92 bits per heavy atom. The van der Waals surface area contributed by atoms with E-state index in [1.54, 1.807) is 0 Å². The summed E-state index contributed by atoms with van der Waals surface area (Å²) in [6.45, 7) is 2.68. The van der Waals surface area contributed by atoms with Crippen LogP contribution in [0.2, 0.25) is 0 Å². The maximum Gasteiger partial charge on any atom is 0.122 e. The average Bonchev–Trinajstić information content (AvgIpc) is 2.48. The molecule has 0 radical (unpaired) electrons. The van der Waals surface area contributed by atoms with Crippen LogP contribution in [0.1, 0.15) is 12.2 Å². The molecule has 4 heteroatoms. The van der Waals surface area contributed by atoms with E-state index in [4.69, 9.17) is 5.73 Å². The Kier molecular flexibility index (Phi) is 3.92. The zero-order valence-corrected chi connectivity index (χ0v) is 8.40. The summed E-state index contributed by atoms with van der Waals surface area (Å²) in [5.41, 5.74) is 5.43. The molecule has 1 rings (SSSR count). The van der Waals surface area contributed by atoms with Crippen molar-refractivity contribution < 1.29 is 0 Å². The number of aromatic nitrogens is 2. The molecule has 0 fully saturated rings. The molecule has 0 unspecified atom stereocenters. The molecular formula is C9H18N4. The molecule has 0 spiro atoms. The first-order chi connectivity index (χ1) is 6.24. The molecule has 4 nitrogen and oxygen atoms in total. The molecule has 1 heterocycles. The molecule has 74 valence electrons. The number of nitrogens with two attached hydrogens (primary N) is 1. The van der Waals surface area contributed by atoms with Gasteiger partial charge in [-0.1, -0.05) is 0 Å². The Balaban J connectivity index is 2.36. The highest BCUT2D eigenvalue weighted by Gasteiger charge is 2.02. The van der Waals surface area contributed by atoms with Gasteiger partial charge in [0.05, 0.1) is 6.54 Å². The number of hydrogen-bond donors (Lipinski definition) is 1. The molecule has 0 aromatic carbocycles. The van der Waals surface area contributed by atoms with Crippen molar-refractivity contribution in [2.75, 3.05) is 20.1 Å². The lowest BCUT2D eigenvalue weighted by atomic mass is 10.4. The molecule has 2 N–H and O–H groups in total. The number of hydrogen-bond acceptors (Lipinski definition) is 3. The monoisotopic (exact) mass is 182 g/mol. The zero-order chi connectivity index (χ0) is 9.68. The van der Waals surface area contributed by atoms with Crippen LogP contribution in [0, 0.1) is 0 Å². The SMILES string of the molecule is CN(CCCN)Cc1nccn1C. The van der Waals surface area contributed by atoms with E-state index in [1.807, 2.05) is 24.0 Å². The van der Waals surface area contributed by atoms with Crippen LogP contribution in [0.5, 0.6) is 0 Å². The molecule has 0 aliphatic heterocycles. The Hall–Kier alpha value is -0.870. The summed E-state index contributed by atoms with van der Waals surface area (Å²) in [7, 11) is 4.10. The van der Waals surface area contributed by atoms with Crippen LogP contribution in [0.3, 0.4) is 0 Å². The fraction of sp³-hybridized carbons (Fsp3) is 0.667. The molecule has 0 aliphatic carbocycles. The predicted octanol–water partition coefficient (Wildman–Crippen LogP) is 0.201. The molecule has 0 saturated carbocycles. The highest BCUT2D eigenvalue weighted by Crippen LogP contribution is 1.99. The Bertz CT molecular complexity index is 244. The van der Waals surface area contributed by atoms with Crippen LogP contribution in [-0.4, -0.2) is 34.6 Å². The Morgan fingerprint density at radius 2 is 2.38 bits per heavy atom. The van der Waals surface area contributed by atoms with Gasteiger partial charge in [-0.2, -0.15) is 0 Å². The smallest absolute Gasteiger partial charge is 0.122 e. The molecule has 0 aliphatic rings. The van der Waals surface area contributed by atoms with E-state index in [2.05, 4.69) is 16.9 Å². The van der Waals surface area contributed by atoms with Crippen LogP contribution in [0.25, 0.3) is 0 Å². The van der Waals surface area contributed by atoms with Crippen molar-refractivity contribution in [1.82, 2.24) is 14.5 Å². The van der Waals surface area contributed by atoms with Crippen molar-refractivity contribution in [3.05, 3.63) is 18.2 Å². The standard InChI is InChI=1S/C9H18N4/c1-12(6-3-4-10)8-9-11-5-7-13(9)2/h5,7H,3-4,6,8,10H2,1-2H3. The van der Waals surface area contributed by atoms with Crippen molar-refractivity contribution in [2.24, 2.45) is 12.8 Å². The number of imidazole rings is 1. The summed E-state index contributed by atoms with van der Waals surface area (Å²) in [5, 5.41) is 0. The van der Waals surface area contributed by atoms with Gasteiger partial charge in [-0.25, -0.2) is 4.98 Å². The summed E-state index contributed by atoms with van der Waals surface area (Å²) in [5.74, 6) is 1.10. The minimum atomic E-state index is 0.755. The van der Waals surface area contributed by atoms with E-state index in [9.17, 15) is 0 Å². The van der Waals surface area contributed by atoms with Gasteiger partial charge in [0.2, 0.25) is 0 Å². The molecule has 0 saturated heterocycles. The van der Waals surface area contributed by atoms with E-state index in [-0.39, 0.29) is 0 Å². The minimum absolute atomic E-state index is 0.755. The second kappa shape index (κ2) is 4.99. The minimum Gasteiger partial charge on any atom is -0.337 e. The molecule has 0 amide bonds. The van der Waals surface area contributed by atoms with Crippen LogP contribution in [-0.2, 0) is 13.6 Å². The van der Waals surface area contributed by atoms with E-state index in [1.165, 1.54) is 0 Å². The third kappa shape index (κ3) is 3.16. The van der Waals surface area contributed by atoms with Gasteiger partial charge < -0.3 is 10.3 Å². The van der Waals surface area contributed by atoms with Crippen LogP contribution >= 0.6 is 0 Å². The maximum absolute atomic E-state index is 5.43. The van der Waals surface area contributed by atoms with E-state index < -0.39 is 0 Å². The molecule has 0 atom stereocenters. The first-order valence-electron chi connectivity index (χ1n) is 4.59. The second-order valence-electron chi connectivity index (χ2n) is 3.33. The highest BCUT2D eigenvalue weighted by molar-refractivity contribution is 4.90. The van der Waals surface area contributed by atoms with Gasteiger partial charge in [-0.05, 0) is 26.6 Å². The molecule has 1 aromatic heterocycles. The van der Waals surface area contributed by atoms with Crippen LogP contribution in [0.4, 0.5) is 0 Å². The van der Waals surface area contributed by atoms with Gasteiger partial charge in [-0.3, -0.25) is 4.90 Å². The number of aryl methyl sites for hydroxylation is 1.